The Morgan fingerprint density at radius 3 is 2.42 bits per heavy atom. The number of thiocarbonyl (C=S) groups is 1. The molecule has 0 saturated heterocycles. The van der Waals surface area contributed by atoms with Gasteiger partial charge in [0.25, 0.3) is 5.56 Å². The quantitative estimate of drug-likeness (QED) is 0.511. The van der Waals surface area contributed by atoms with Gasteiger partial charge in [0.15, 0.2) is 5.11 Å². The summed E-state index contributed by atoms with van der Waals surface area (Å²) in [5, 5.41) is 6.48. The molecule has 0 bridgehead atoms. The third-order valence-electron chi connectivity index (χ3n) is 3.97. The summed E-state index contributed by atoms with van der Waals surface area (Å²) in [5.74, 6) is 0. The van der Waals surface area contributed by atoms with Gasteiger partial charge in [0.05, 0.1) is 17.1 Å². The number of nitrogens with one attached hydrogen (secondary N) is 2. The van der Waals surface area contributed by atoms with E-state index in [2.05, 4.69) is 42.5 Å². The first kappa shape index (κ1) is 18.9. The third kappa shape index (κ3) is 3.77. The minimum atomic E-state index is -0.157. The van der Waals surface area contributed by atoms with E-state index < -0.39 is 0 Å². The summed E-state index contributed by atoms with van der Waals surface area (Å²) in [6, 6.07) is 15.2. The Morgan fingerprint density at radius 2 is 1.77 bits per heavy atom. The smallest absolute Gasteiger partial charge is 0.295 e. The number of hydrogen-bond donors (Lipinski definition) is 2. The molecule has 0 amide bonds. The van der Waals surface area contributed by atoms with Crippen molar-refractivity contribution < 1.29 is 0 Å². The molecule has 5 nitrogen and oxygen atoms in total. The van der Waals surface area contributed by atoms with Crippen molar-refractivity contribution in [1.29, 1.82) is 0 Å². The fourth-order valence-corrected chi connectivity index (χ4v) is 3.93. The highest BCUT2D eigenvalue weighted by atomic mass is 79.9. The molecule has 134 valence electrons. The van der Waals surface area contributed by atoms with Crippen molar-refractivity contribution in [2.75, 3.05) is 10.6 Å². The van der Waals surface area contributed by atoms with Gasteiger partial charge in [0.1, 0.15) is 5.69 Å². The zero-order valence-corrected chi connectivity index (χ0v) is 18.1. The normalized spacial score (nSPS) is 10.6. The molecule has 0 unspecified atom stereocenters. The van der Waals surface area contributed by atoms with Crippen LogP contribution in [0.2, 0.25) is 0 Å². The van der Waals surface area contributed by atoms with E-state index in [1.54, 1.807) is 9.36 Å². The van der Waals surface area contributed by atoms with Crippen LogP contribution in [-0.2, 0) is 7.05 Å². The highest BCUT2D eigenvalue weighted by Gasteiger charge is 2.17. The lowest BCUT2D eigenvalue weighted by atomic mass is 10.3. The molecular formula is C18H16Br2N4OS. The summed E-state index contributed by atoms with van der Waals surface area (Å²) in [6.45, 7) is 1.88. The first-order valence-corrected chi connectivity index (χ1v) is 9.75. The van der Waals surface area contributed by atoms with Crippen LogP contribution in [0, 0.1) is 6.92 Å². The predicted molar refractivity (Wildman–Crippen MR) is 117 cm³/mol. The van der Waals surface area contributed by atoms with E-state index in [-0.39, 0.29) is 5.56 Å². The molecule has 0 aliphatic rings. The molecular weight excluding hydrogens is 480 g/mol. The number of rotatable bonds is 3. The lowest BCUT2D eigenvalue weighted by molar-refractivity contribution is 0.630. The number of benzene rings is 2. The maximum Gasteiger partial charge on any atom is 0.295 e. The third-order valence-corrected chi connectivity index (χ3v) is 5.33. The molecule has 0 radical (unpaired) electrons. The second kappa shape index (κ2) is 7.77. The van der Waals surface area contributed by atoms with Gasteiger partial charge in [-0.1, -0.05) is 34.1 Å². The van der Waals surface area contributed by atoms with Crippen LogP contribution >= 0.6 is 44.1 Å². The van der Waals surface area contributed by atoms with Gasteiger partial charge in [-0.15, -0.1) is 0 Å². The zero-order chi connectivity index (χ0) is 18.8. The molecule has 8 heteroatoms. The number of nitrogens with zero attached hydrogens (tertiary/aromatic N) is 2. The lowest BCUT2D eigenvalue weighted by Crippen LogP contribution is -2.25. The molecule has 3 aromatic rings. The van der Waals surface area contributed by atoms with Crippen molar-refractivity contribution in [2.45, 2.75) is 6.92 Å². The second-order valence-corrected chi connectivity index (χ2v) is 7.82. The highest BCUT2D eigenvalue weighted by Crippen LogP contribution is 2.26. The molecule has 1 aromatic heterocycles. The van der Waals surface area contributed by atoms with Crippen LogP contribution in [0.1, 0.15) is 5.69 Å². The number of aromatic nitrogens is 2. The van der Waals surface area contributed by atoms with E-state index in [4.69, 9.17) is 12.2 Å². The summed E-state index contributed by atoms with van der Waals surface area (Å²) in [7, 11) is 1.84. The van der Waals surface area contributed by atoms with Gasteiger partial charge in [-0.3, -0.25) is 9.48 Å². The van der Waals surface area contributed by atoms with Crippen LogP contribution in [0.4, 0.5) is 11.4 Å². The highest BCUT2D eigenvalue weighted by molar-refractivity contribution is 9.11. The molecule has 0 aliphatic heterocycles. The topological polar surface area (TPSA) is 51.0 Å². The van der Waals surface area contributed by atoms with Gasteiger partial charge >= 0.3 is 0 Å². The van der Waals surface area contributed by atoms with Crippen molar-refractivity contribution in [1.82, 2.24) is 9.36 Å². The first-order valence-electron chi connectivity index (χ1n) is 7.75. The van der Waals surface area contributed by atoms with Crippen LogP contribution in [0.5, 0.6) is 0 Å². The number of halogens is 2. The predicted octanol–water partition coefficient (Wildman–Crippen LogP) is 4.82. The van der Waals surface area contributed by atoms with E-state index in [0.717, 1.165) is 26.0 Å². The fraction of sp³-hybridized carbons (Fsp3) is 0.111. The Morgan fingerprint density at radius 1 is 1.08 bits per heavy atom. The van der Waals surface area contributed by atoms with Gasteiger partial charge < -0.3 is 10.6 Å². The maximum absolute atomic E-state index is 12.9. The molecule has 0 aliphatic carbocycles. The molecule has 2 aromatic carbocycles. The summed E-state index contributed by atoms with van der Waals surface area (Å²) < 4.78 is 5.23. The molecule has 1 heterocycles. The average Bonchev–Trinajstić information content (AvgIpc) is 2.82. The monoisotopic (exact) mass is 494 g/mol. The van der Waals surface area contributed by atoms with Gasteiger partial charge in [0.2, 0.25) is 0 Å². The lowest BCUT2D eigenvalue weighted by Gasteiger charge is -2.11. The van der Waals surface area contributed by atoms with Crippen molar-refractivity contribution in [2.24, 2.45) is 7.05 Å². The Labute approximate surface area is 173 Å². The number of para-hydroxylation sites is 1. The van der Waals surface area contributed by atoms with E-state index >= 15 is 0 Å². The number of hydrogen-bond acceptors (Lipinski definition) is 2. The van der Waals surface area contributed by atoms with Crippen molar-refractivity contribution in [3.8, 4) is 5.69 Å². The Hall–Kier alpha value is -1.90. The molecule has 0 spiro atoms. The van der Waals surface area contributed by atoms with Gasteiger partial charge in [-0.05, 0) is 65.4 Å². The van der Waals surface area contributed by atoms with Crippen molar-refractivity contribution >= 4 is 60.6 Å². The van der Waals surface area contributed by atoms with E-state index in [1.807, 2.05) is 62.5 Å². The first-order chi connectivity index (χ1) is 12.4. The molecule has 0 saturated carbocycles. The van der Waals surface area contributed by atoms with Crippen molar-refractivity contribution in [3.05, 3.63) is 73.5 Å². The molecule has 3 rings (SSSR count). The SMILES string of the molecule is Cc1c(NC(=S)Nc2ccc(Br)cc2Br)c(=O)n(-c2ccccc2)n1C. The van der Waals surface area contributed by atoms with Gasteiger partial charge in [-0.2, -0.15) is 0 Å². The minimum absolute atomic E-state index is 0.157. The zero-order valence-electron chi connectivity index (χ0n) is 14.1. The van der Waals surface area contributed by atoms with Gasteiger partial charge in [0, 0.05) is 16.0 Å². The Balaban J connectivity index is 1.88. The molecule has 0 fully saturated rings. The van der Waals surface area contributed by atoms with Crippen LogP contribution in [0.3, 0.4) is 0 Å². The van der Waals surface area contributed by atoms with Gasteiger partial charge in [-0.25, -0.2) is 4.68 Å². The maximum atomic E-state index is 12.9. The van der Waals surface area contributed by atoms with Crippen LogP contribution < -0.4 is 16.2 Å². The fourth-order valence-electron chi connectivity index (χ4n) is 2.57. The summed E-state index contributed by atoms with van der Waals surface area (Å²) in [4.78, 5) is 12.9. The number of anilines is 2. The average molecular weight is 496 g/mol. The van der Waals surface area contributed by atoms with E-state index in [9.17, 15) is 4.79 Å². The van der Waals surface area contributed by atoms with Crippen LogP contribution in [0.25, 0.3) is 5.69 Å². The summed E-state index contributed by atoms with van der Waals surface area (Å²) in [5.41, 5.74) is 2.68. The van der Waals surface area contributed by atoms with Crippen LogP contribution in [-0.4, -0.2) is 14.5 Å². The van der Waals surface area contributed by atoms with Crippen molar-refractivity contribution in [3.63, 3.8) is 0 Å². The minimum Gasteiger partial charge on any atom is -0.332 e. The molecule has 26 heavy (non-hydrogen) atoms. The summed E-state index contributed by atoms with van der Waals surface area (Å²) in [6.07, 6.45) is 0. The molecule has 2 N–H and O–H groups in total. The standard InChI is InChI=1S/C18H16Br2N4OS/c1-11-16(17(25)24(23(11)2)13-6-4-3-5-7-13)22-18(26)21-15-9-8-12(19)10-14(15)20/h3-10H,1-2H3,(H2,21,22,26). The summed E-state index contributed by atoms with van der Waals surface area (Å²) >= 11 is 12.3. The van der Waals surface area contributed by atoms with Crippen LogP contribution in [0.15, 0.2) is 62.3 Å². The van der Waals surface area contributed by atoms with E-state index in [1.165, 1.54) is 0 Å². The Bertz CT molecular complexity index is 1030. The molecule has 0 atom stereocenters. The Kier molecular flexibility index (Phi) is 5.64. The second-order valence-electron chi connectivity index (χ2n) is 5.64. The largest absolute Gasteiger partial charge is 0.332 e. The van der Waals surface area contributed by atoms with E-state index in [0.29, 0.717) is 10.8 Å².